The first kappa shape index (κ1) is 18.5. The fourth-order valence-corrected chi connectivity index (χ4v) is 3.07. The molecule has 1 saturated heterocycles. The highest BCUT2D eigenvalue weighted by Gasteiger charge is 2.29. The number of ether oxygens (including phenoxy) is 1. The molecule has 0 unspecified atom stereocenters. The summed E-state index contributed by atoms with van der Waals surface area (Å²) in [5, 5.41) is 3.38. The molecule has 1 aromatic carbocycles. The Kier molecular flexibility index (Phi) is 7.25. The van der Waals surface area contributed by atoms with Crippen LogP contribution in [0.2, 0.25) is 0 Å². The standard InChI is InChI=1S/C19H28N2O3/c1-3-24-19(23)17-10-7-13-21(14-17)18(22)11-12-20-15(2)16-8-5-4-6-9-16/h4-6,8-9,15,17,20H,3,7,10-14H2,1-2H3/t15-,17-/m0/s1. The van der Waals surface area contributed by atoms with Gasteiger partial charge in [0.05, 0.1) is 12.5 Å². The van der Waals surface area contributed by atoms with E-state index in [1.807, 2.05) is 25.1 Å². The van der Waals surface area contributed by atoms with E-state index in [2.05, 4.69) is 24.4 Å². The number of nitrogens with zero attached hydrogens (tertiary/aromatic N) is 1. The van der Waals surface area contributed by atoms with E-state index in [1.165, 1.54) is 5.56 Å². The molecule has 0 bridgehead atoms. The molecule has 0 aliphatic carbocycles. The monoisotopic (exact) mass is 332 g/mol. The van der Waals surface area contributed by atoms with Crippen LogP contribution in [0.25, 0.3) is 0 Å². The molecule has 5 heteroatoms. The quantitative estimate of drug-likeness (QED) is 0.780. The van der Waals surface area contributed by atoms with Crippen LogP contribution < -0.4 is 5.32 Å². The number of nitrogens with one attached hydrogen (secondary N) is 1. The van der Waals surface area contributed by atoms with E-state index in [0.717, 1.165) is 19.4 Å². The Hall–Kier alpha value is -1.88. The molecule has 24 heavy (non-hydrogen) atoms. The molecule has 1 aliphatic heterocycles. The zero-order chi connectivity index (χ0) is 17.4. The third kappa shape index (κ3) is 5.34. The van der Waals surface area contributed by atoms with Crippen molar-refractivity contribution in [1.82, 2.24) is 10.2 Å². The lowest BCUT2D eigenvalue weighted by atomic mass is 9.98. The molecule has 2 atom stereocenters. The second kappa shape index (κ2) is 9.42. The van der Waals surface area contributed by atoms with E-state index in [1.54, 1.807) is 4.90 Å². The fraction of sp³-hybridized carbons (Fsp3) is 0.579. The summed E-state index contributed by atoms with van der Waals surface area (Å²) < 4.78 is 5.08. The minimum absolute atomic E-state index is 0.108. The minimum Gasteiger partial charge on any atom is -0.466 e. The molecule has 1 N–H and O–H groups in total. The Labute approximate surface area is 144 Å². The molecule has 1 aromatic rings. The highest BCUT2D eigenvalue weighted by Crippen LogP contribution is 2.18. The highest BCUT2D eigenvalue weighted by molar-refractivity contribution is 5.78. The van der Waals surface area contributed by atoms with Gasteiger partial charge in [0.25, 0.3) is 0 Å². The summed E-state index contributed by atoms with van der Waals surface area (Å²) >= 11 is 0. The van der Waals surface area contributed by atoms with Gasteiger partial charge in [-0.2, -0.15) is 0 Å². The van der Waals surface area contributed by atoms with Gasteiger partial charge in [-0.3, -0.25) is 9.59 Å². The average molecular weight is 332 g/mol. The fourth-order valence-electron chi connectivity index (χ4n) is 3.07. The second-order valence-electron chi connectivity index (χ2n) is 6.27. The van der Waals surface area contributed by atoms with E-state index < -0.39 is 0 Å². The van der Waals surface area contributed by atoms with Crippen LogP contribution in [0.3, 0.4) is 0 Å². The smallest absolute Gasteiger partial charge is 0.310 e. The molecule has 5 nitrogen and oxygen atoms in total. The lowest BCUT2D eigenvalue weighted by Crippen LogP contribution is -2.43. The summed E-state index contributed by atoms with van der Waals surface area (Å²) in [6.45, 7) is 6.16. The topological polar surface area (TPSA) is 58.6 Å². The van der Waals surface area contributed by atoms with Crippen molar-refractivity contribution >= 4 is 11.9 Å². The number of piperidine rings is 1. The van der Waals surface area contributed by atoms with Crippen LogP contribution in [0.15, 0.2) is 30.3 Å². The molecule has 1 fully saturated rings. The third-order valence-electron chi connectivity index (χ3n) is 4.48. The van der Waals surface area contributed by atoms with Crippen molar-refractivity contribution in [2.24, 2.45) is 5.92 Å². The zero-order valence-corrected chi connectivity index (χ0v) is 14.7. The van der Waals surface area contributed by atoms with Crippen molar-refractivity contribution in [2.45, 2.75) is 39.2 Å². The summed E-state index contributed by atoms with van der Waals surface area (Å²) in [6.07, 6.45) is 2.13. The number of likely N-dealkylation sites (tertiary alicyclic amines) is 1. The van der Waals surface area contributed by atoms with E-state index >= 15 is 0 Å². The Bertz CT molecular complexity index is 533. The maximum absolute atomic E-state index is 12.4. The van der Waals surface area contributed by atoms with Crippen LogP contribution in [0.4, 0.5) is 0 Å². The third-order valence-corrected chi connectivity index (χ3v) is 4.48. The van der Waals surface area contributed by atoms with Crippen LogP contribution in [0.1, 0.15) is 44.7 Å². The molecule has 1 heterocycles. The van der Waals surface area contributed by atoms with Crippen LogP contribution >= 0.6 is 0 Å². The number of rotatable bonds is 7. The maximum atomic E-state index is 12.4. The zero-order valence-electron chi connectivity index (χ0n) is 14.7. The van der Waals surface area contributed by atoms with Gasteiger partial charge in [-0.15, -0.1) is 0 Å². The predicted molar refractivity (Wildman–Crippen MR) is 93.4 cm³/mol. The molecule has 0 spiro atoms. The highest BCUT2D eigenvalue weighted by atomic mass is 16.5. The Morgan fingerprint density at radius 3 is 2.79 bits per heavy atom. The van der Waals surface area contributed by atoms with Gasteiger partial charge in [0.1, 0.15) is 0 Å². The number of benzene rings is 1. The lowest BCUT2D eigenvalue weighted by Gasteiger charge is -2.31. The van der Waals surface area contributed by atoms with Crippen molar-refractivity contribution in [1.29, 1.82) is 0 Å². The normalized spacial score (nSPS) is 18.9. The SMILES string of the molecule is CCOC(=O)[C@H]1CCCN(C(=O)CCN[C@@H](C)c2ccccc2)C1. The first-order valence-corrected chi connectivity index (χ1v) is 8.84. The lowest BCUT2D eigenvalue weighted by molar-refractivity contribution is -0.151. The molecular formula is C19H28N2O3. The summed E-state index contributed by atoms with van der Waals surface area (Å²) in [5.41, 5.74) is 1.21. The van der Waals surface area contributed by atoms with Crippen molar-refractivity contribution in [2.75, 3.05) is 26.2 Å². The van der Waals surface area contributed by atoms with Gasteiger partial charge in [0, 0.05) is 32.1 Å². The van der Waals surface area contributed by atoms with Crippen molar-refractivity contribution < 1.29 is 14.3 Å². The van der Waals surface area contributed by atoms with Crippen molar-refractivity contribution in [3.63, 3.8) is 0 Å². The molecule has 0 aromatic heterocycles. The molecule has 0 saturated carbocycles. The number of carbonyl (C=O) groups is 2. The van der Waals surface area contributed by atoms with Crippen LogP contribution in [0.5, 0.6) is 0 Å². The van der Waals surface area contributed by atoms with Gasteiger partial charge in [-0.05, 0) is 32.3 Å². The largest absolute Gasteiger partial charge is 0.466 e. The average Bonchev–Trinajstić information content (AvgIpc) is 2.62. The van der Waals surface area contributed by atoms with Gasteiger partial charge >= 0.3 is 5.97 Å². The van der Waals surface area contributed by atoms with Gasteiger partial charge in [0.15, 0.2) is 0 Å². The Balaban J connectivity index is 1.75. The van der Waals surface area contributed by atoms with Crippen LogP contribution in [-0.2, 0) is 14.3 Å². The number of esters is 1. The Morgan fingerprint density at radius 2 is 2.08 bits per heavy atom. The molecule has 132 valence electrons. The van der Waals surface area contributed by atoms with Crippen LogP contribution in [-0.4, -0.2) is 43.0 Å². The van der Waals surface area contributed by atoms with Gasteiger partial charge in [-0.1, -0.05) is 30.3 Å². The van der Waals surface area contributed by atoms with E-state index in [0.29, 0.717) is 26.1 Å². The molecular weight excluding hydrogens is 304 g/mol. The second-order valence-corrected chi connectivity index (χ2v) is 6.27. The first-order valence-electron chi connectivity index (χ1n) is 8.84. The molecule has 0 radical (unpaired) electrons. The number of carbonyl (C=O) groups excluding carboxylic acids is 2. The number of hydrogen-bond donors (Lipinski definition) is 1. The van der Waals surface area contributed by atoms with Gasteiger partial charge < -0.3 is 15.0 Å². The van der Waals surface area contributed by atoms with Crippen molar-refractivity contribution in [3.8, 4) is 0 Å². The van der Waals surface area contributed by atoms with Crippen molar-refractivity contribution in [3.05, 3.63) is 35.9 Å². The summed E-state index contributed by atoms with van der Waals surface area (Å²) in [6, 6.07) is 10.4. The Morgan fingerprint density at radius 1 is 1.33 bits per heavy atom. The van der Waals surface area contributed by atoms with Gasteiger partial charge in [-0.25, -0.2) is 0 Å². The number of hydrogen-bond acceptors (Lipinski definition) is 4. The molecule has 2 rings (SSSR count). The number of amides is 1. The minimum atomic E-state index is -0.175. The summed E-state index contributed by atoms with van der Waals surface area (Å²) in [5.74, 6) is -0.235. The predicted octanol–water partition coefficient (Wildman–Crippen LogP) is 2.53. The van der Waals surface area contributed by atoms with E-state index in [9.17, 15) is 9.59 Å². The molecule has 1 aliphatic rings. The summed E-state index contributed by atoms with van der Waals surface area (Å²) in [7, 11) is 0. The molecule has 1 amide bonds. The van der Waals surface area contributed by atoms with Crippen LogP contribution in [0, 0.1) is 5.92 Å². The first-order chi connectivity index (χ1) is 11.6. The van der Waals surface area contributed by atoms with Gasteiger partial charge in [0.2, 0.25) is 5.91 Å². The summed E-state index contributed by atoms with van der Waals surface area (Å²) in [4.78, 5) is 26.0. The van der Waals surface area contributed by atoms with E-state index in [4.69, 9.17) is 4.74 Å². The van der Waals surface area contributed by atoms with E-state index in [-0.39, 0.29) is 23.8 Å². The maximum Gasteiger partial charge on any atom is 0.310 e.